The lowest BCUT2D eigenvalue weighted by molar-refractivity contribution is -0.124. The van der Waals surface area contributed by atoms with Gasteiger partial charge in [-0.25, -0.2) is 0 Å². The van der Waals surface area contributed by atoms with Crippen molar-refractivity contribution in [1.29, 1.82) is 5.26 Å². The zero-order chi connectivity index (χ0) is 15.0. The highest BCUT2D eigenvalue weighted by Crippen LogP contribution is 2.27. The van der Waals surface area contributed by atoms with Crippen molar-refractivity contribution < 1.29 is 19.0 Å². The number of amides is 1. The molecule has 20 heavy (non-hydrogen) atoms. The smallest absolute Gasteiger partial charge is 0.258 e. The molecule has 0 aliphatic carbocycles. The van der Waals surface area contributed by atoms with Gasteiger partial charge in [0.25, 0.3) is 5.91 Å². The van der Waals surface area contributed by atoms with E-state index in [0.29, 0.717) is 23.7 Å². The Hall–Kier alpha value is -2.26. The second-order valence-corrected chi connectivity index (χ2v) is 4.19. The van der Waals surface area contributed by atoms with Crippen LogP contribution in [-0.4, -0.2) is 39.4 Å². The number of hydrogen-bond donors (Lipinski definition) is 1. The Balaban J connectivity index is 2.57. The third-order valence-electron chi connectivity index (χ3n) is 2.48. The first kappa shape index (κ1) is 15.8. The van der Waals surface area contributed by atoms with Crippen LogP contribution in [0.2, 0.25) is 0 Å². The average molecular weight is 278 g/mol. The SMILES string of the molecule is COCC(C)NC(=O)COc1ccc(C#N)cc1OC. The van der Waals surface area contributed by atoms with Gasteiger partial charge in [-0.05, 0) is 19.1 Å². The molecule has 0 spiro atoms. The van der Waals surface area contributed by atoms with Crippen LogP contribution in [0.3, 0.4) is 0 Å². The fourth-order valence-corrected chi connectivity index (χ4v) is 1.61. The minimum absolute atomic E-state index is 0.0843. The first-order valence-corrected chi connectivity index (χ1v) is 6.10. The molecule has 1 amide bonds. The molecule has 1 aromatic rings. The summed E-state index contributed by atoms with van der Waals surface area (Å²) in [5.74, 6) is 0.587. The Morgan fingerprint density at radius 1 is 1.40 bits per heavy atom. The lowest BCUT2D eigenvalue weighted by Crippen LogP contribution is -2.38. The topological polar surface area (TPSA) is 80.6 Å². The third kappa shape index (κ3) is 4.78. The molecule has 1 aromatic carbocycles. The van der Waals surface area contributed by atoms with Gasteiger partial charge in [-0.15, -0.1) is 0 Å². The monoisotopic (exact) mass is 278 g/mol. The van der Waals surface area contributed by atoms with Crippen molar-refractivity contribution in [3.05, 3.63) is 23.8 Å². The van der Waals surface area contributed by atoms with Gasteiger partial charge in [-0.2, -0.15) is 5.26 Å². The van der Waals surface area contributed by atoms with Gasteiger partial charge in [0.1, 0.15) is 0 Å². The van der Waals surface area contributed by atoms with Crippen molar-refractivity contribution in [2.75, 3.05) is 27.4 Å². The van der Waals surface area contributed by atoms with Crippen molar-refractivity contribution in [1.82, 2.24) is 5.32 Å². The van der Waals surface area contributed by atoms with Gasteiger partial charge < -0.3 is 19.5 Å². The molecule has 1 atom stereocenters. The average Bonchev–Trinajstić information content (AvgIpc) is 2.45. The van der Waals surface area contributed by atoms with E-state index in [4.69, 9.17) is 19.5 Å². The predicted octanol–water partition coefficient (Wildman–Crippen LogP) is 1.10. The predicted molar refractivity (Wildman–Crippen MR) is 72.7 cm³/mol. The van der Waals surface area contributed by atoms with Gasteiger partial charge >= 0.3 is 0 Å². The molecule has 6 nitrogen and oxygen atoms in total. The van der Waals surface area contributed by atoms with Gasteiger partial charge in [-0.1, -0.05) is 0 Å². The Bertz CT molecular complexity index is 496. The Morgan fingerprint density at radius 3 is 2.75 bits per heavy atom. The highest BCUT2D eigenvalue weighted by Gasteiger charge is 2.10. The lowest BCUT2D eigenvalue weighted by Gasteiger charge is -2.14. The molecule has 1 unspecified atom stereocenters. The standard InChI is InChI=1S/C14H18N2O4/c1-10(8-18-2)16-14(17)9-20-12-5-4-11(7-15)6-13(12)19-3/h4-6,10H,8-9H2,1-3H3,(H,16,17). The van der Waals surface area contributed by atoms with E-state index in [1.165, 1.54) is 7.11 Å². The molecule has 0 aliphatic heterocycles. The zero-order valence-electron chi connectivity index (χ0n) is 11.8. The lowest BCUT2D eigenvalue weighted by atomic mass is 10.2. The van der Waals surface area contributed by atoms with E-state index < -0.39 is 0 Å². The summed E-state index contributed by atoms with van der Waals surface area (Å²) < 4.78 is 15.4. The summed E-state index contributed by atoms with van der Waals surface area (Å²) in [4.78, 5) is 11.6. The summed E-state index contributed by atoms with van der Waals surface area (Å²) in [6, 6.07) is 6.68. The molecule has 1 N–H and O–H groups in total. The van der Waals surface area contributed by atoms with Crippen LogP contribution in [0.5, 0.6) is 11.5 Å². The third-order valence-corrected chi connectivity index (χ3v) is 2.48. The van der Waals surface area contributed by atoms with Crippen LogP contribution in [0.4, 0.5) is 0 Å². The fourth-order valence-electron chi connectivity index (χ4n) is 1.61. The van der Waals surface area contributed by atoms with E-state index in [1.807, 2.05) is 13.0 Å². The van der Waals surface area contributed by atoms with Crippen LogP contribution in [-0.2, 0) is 9.53 Å². The second-order valence-electron chi connectivity index (χ2n) is 4.19. The number of methoxy groups -OCH3 is 2. The fraction of sp³-hybridized carbons (Fsp3) is 0.429. The van der Waals surface area contributed by atoms with Crippen LogP contribution in [0.1, 0.15) is 12.5 Å². The summed E-state index contributed by atoms with van der Waals surface area (Å²) in [7, 11) is 3.05. The molecule has 0 heterocycles. The highest BCUT2D eigenvalue weighted by atomic mass is 16.5. The van der Waals surface area contributed by atoms with E-state index in [2.05, 4.69) is 5.32 Å². The highest BCUT2D eigenvalue weighted by molar-refractivity contribution is 5.77. The van der Waals surface area contributed by atoms with E-state index in [-0.39, 0.29) is 18.6 Å². The van der Waals surface area contributed by atoms with Crippen LogP contribution in [0, 0.1) is 11.3 Å². The number of rotatable bonds is 7. The van der Waals surface area contributed by atoms with Crippen LogP contribution in [0.15, 0.2) is 18.2 Å². The van der Waals surface area contributed by atoms with E-state index in [0.717, 1.165) is 0 Å². The normalized spacial score (nSPS) is 11.3. The number of ether oxygens (including phenoxy) is 3. The molecule has 108 valence electrons. The summed E-state index contributed by atoms with van der Waals surface area (Å²) in [6.45, 7) is 2.14. The largest absolute Gasteiger partial charge is 0.493 e. The quantitative estimate of drug-likeness (QED) is 0.807. The molecular weight excluding hydrogens is 260 g/mol. The van der Waals surface area contributed by atoms with Crippen LogP contribution < -0.4 is 14.8 Å². The molecule has 0 saturated carbocycles. The summed E-state index contributed by atoms with van der Waals surface area (Å²) in [5.41, 5.74) is 0.465. The van der Waals surface area contributed by atoms with Crippen molar-refractivity contribution in [3.63, 3.8) is 0 Å². The van der Waals surface area contributed by atoms with E-state index in [9.17, 15) is 4.79 Å². The Labute approximate surface area is 118 Å². The summed E-state index contributed by atoms with van der Waals surface area (Å²) in [5, 5.41) is 11.5. The van der Waals surface area contributed by atoms with Crippen molar-refractivity contribution in [2.45, 2.75) is 13.0 Å². The molecular formula is C14H18N2O4. The first-order valence-electron chi connectivity index (χ1n) is 6.10. The maximum absolute atomic E-state index is 11.6. The number of nitriles is 1. The van der Waals surface area contributed by atoms with Crippen molar-refractivity contribution >= 4 is 5.91 Å². The first-order chi connectivity index (χ1) is 9.60. The molecule has 0 saturated heterocycles. The van der Waals surface area contributed by atoms with Crippen molar-refractivity contribution in [2.24, 2.45) is 0 Å². The minimum atomic E-state index is -0.249. The molecule has 0 aliphatic rings. The molecule has 0 radical (unpaired) electrons. The zero-order valence-corrected chi connectivity index (χ0v) is 11.8. The van der Waals surface area contributed by atoms with Gasteiger partial charge in [0.2, 0.25) is 0 Å². The maximum atomic E-state index is 11.6. The Kier molecular flexibility index (Phi) is 6.33. The minimum Gasteiger partial charge on any atom is -0.493 e. The second kappa shape index (κ2) is 8.02. The van der Waals surface area contributed by atoms with Crippen LogP contribution in [0.25, 0.3) is 0 Å². The number of carbonyl (C=O) groups is 1. The van der Waals surface area contributed by atoms with Gasteiger partial charge in [-0.3, -0.25) is 4.79 Å². The van der Waals surface area contributed by atoms with Gasteiger partial charge in [0.05, 0.1) is 25.3 Å². The molecule has 6 heteroatoms. The van der Waals surface area contributed by atoms with E-state index in [1.54, 1.807) is 25.3 Å². The number of carbonyl (C=O) groups excluding carboxylic acids is 1. The molecule has 1 rings (SSSR count). The van der Waals surface area contributed by atoms with E-state index >= 15 is 0 Å². The summed E-state index contributed by atoms with van der Waals surface area (Å²) in [6.07, 6.45) is 0. The number of nitrogens with one attached hydrogen (secondary N) is 1. The van der Waals surface area contributed by atoms with Crippen molar-refractivity contribution in [3.8, 4) is 17.6 Å². The number of nitrogens with zero attached hydrogens (tertiary/aromatic N) is 1. The molecule has 0 fully saturated rings. The summed E-state index contributed by atoms with van der Waals surface area (Å²) >= 11 is 0. The number of benzene rings is 1. The van der Waals surface area contributed by atoms with Crippen LogP contribution >= 0.6 is 0 Å². The molecule has 0 aromatic heterocycles. The van der Waals surface area contributed by atoms with Gasteiger partial charge in [0.15, 0.2) is 18.1 Å². The molecule has 0 bridgehead atoms. The Morgan fingerprint density at radius 2 is 2.15 bits per heavy atom. The maximum Gasteiger partial charge on any atom is 0.258 e. The van der Waals surface area contributed by atoms with Gasteiger partial charge in [0, 0.05) is 19.2 Å². The number of hydrogen-bond acceptors (Lipinski definition) is 5.